The molecule has 5 heteroatoms. The number of hydrogen-bond donors (Lipinski definition) is 1. The molecule has 0 aromatic heterocycles. The van der Waals surface area contributed by atoms with Gasteiger partial charge in [-0.25, -0.2) is 8.42 Å². The standard InChI is InChI=1S/C12H25NO3S/c1-3-7-13-10-12(5-4-8-16-2)6-9-17(14,15)11-12/h13H,3-11H2,1-2H3. The summed E-state index contributed by atoms with van der Waals surface area (Å²) in [6, 6.07) is 0. The normalized spacial score (nSPS) is 27.4. The van der Waals surface area contributed by atoms with Gasteiger partial charge in [0.25, 0.3) is 0 Å². The Morgan fingerprint density at radius 3 is 2.71 bits per heavy atom. The topological polar surface area (TPSA) is 55.4 Å². The molecule has 0 aliphatic carbocycles. The van der Waals surface area contributed by atoms with Gasteiger partial charge in [-0.05, 0) is 37.6 Å². The van der Waals surface area contributed by atoms with Crippen molar-refractivity contribution in [1.82, 2.24) is 5.32 Å². The van der Waals surface area contributed by atoms with Crippen molar-refractivity contribution in [3.05, 3.63) is 0 Å². The Kier molecular flexibility index (Phi) is 5.89. The first-order valence-corrected chi connectivity index (χ1v) is 8.26. The molecule has 1 saturated heterocycles. The monoisotopic (exact) mass is 263 g/mol. The van der Waals surface area contributed by atoms with Crippen LogP contribution in [0.3, 0.4) is 0 Å². The summed E-state index contributed by atoms with van der Waals surface area (Å²) in [4.78, 5) is 0. The van der Waals surface area contributed by atoms with Crippen molar-refractivity contribution in [3.8, 4) is 0 Å². The fourth-order valence-electron chi connectivity index (χ4n) is 2.53. The third-order valence-electron chi connectivity index (χ3n) is 3.45. The minimum absolute atomic E-state index is 0.0491. The second-order valence-electron chi connectivity index (χ2n) is 5.12. The lowest BCUT2D eigenvalue weighted by atomic mass is 9.82. The van der Waals surface area contributed by atoms with Crippen LogP contribution >= 0.6 is 0 Å². The SMILES string of the molecule is CCCNCC1(CCCOC)CCS(=O)(=O)C1. The molecule has 1 N–H and O–H groups in total. The van der Waals surface area contributed by atoms with E-state index >= 15 is 0 Å². The van der Waals surface area contributed by atoms with Crippen LogP contribution in [0, 0.1) is 5.41 Å². The smallest absolute Gasteiger partial charge is 0.150 e. The fraction of sp³-hybridized carbons (Fsp3) is 1.00. The van der Waals surface area contributed by atoms with Gasteiger partial charge >= 0.3 is 0 Å². The summed E-state index contributed by atoms with van der Waals surface area (Å²) in [7, 11) is -1.12. The predicted molar refractivity (Wildman–Crippen MR) is 70.0 cm³/mol. The Morgan fingerprint density at radius 1 is 1.41 bits per heavy atom. The Hall–Kier alpha value is -0.130. The van der Waals surface area contributed by atoms with E-state index in [1.54, 1.807) is 7.11 Å². The van der Waals surface area contributed by atoms with Crippen LogP contribution < -0.4 is 5.32 Å². The highest BCUT2D eigenvalue weighted by molar-refractivity contribution is 7.91. The molecular weight excluding hydrogens is 238 g/mol. The molecule has 1 aliphatic heterocycles. The van der Waals surface area contributed by atoms with Crippen molar-refractivity contribution in [1.29, 1.82) is 0 Å². The molecule has 0 amide bonds. The summed E-state index contributed by atoms with van der Waals surface area (Å²) < 4.78 is 28.4. The van der Waals surface area contributed by atoms with Crippen LogP contribution in [0.25, 0.3) is 0 Å². The second kappa shape index (κ2) is 6.71. The van der Waals surface area contributed by atoms with Gasteiger partial charge in [0, 0.05) is 20.3 Å². The van der Waals surface area contributed by atoms with Gasteiger partial charge in [0.15, 0.2) is 9.84 Å². The summed E-state index contributed by atoms with van der Waals surface area (Å²) in [5, 5.41) is 3.38. The number of methoxy groups -OCH3 is 1. The zero-order valence-corrected chi connectivity index (χ0v) is 11.8. The molecule has 0 saturated carbocycles. The molecule has 1 atom stereocenters. The van der Waals surface area contributed by atoms with Crippen LogP contribution in [0.4, 0.5) is 0 Å². The van der Waals surface area contributed by atoms with E-state index in [9.17, 15) is 8.42 Å². The molecular formula is C12H25NO3S. The van der Waals surface area contributed by atoms with Crippen molar-refractivity contribution in [2.75, 3.05) is 38.3 Å². The Bertz CT molecular complexity index is 304. The number of ether oxygens (including phenoxy) is 1. The van der Waals surface area contributed by atoms with Crippen molar-refractivity contribution >= 4 is 9.84 Å². The lowest BCUT2D eigenvalue weighted by Gasteiger charge is -2.28. The first kappa shape index (κ1) is 14.9. The summed E-state index contributed by atoms with van der Waals surface area (Å²) in [5.41, 5.74) is -0.0491. The molecule has 1 aliphatic rings. The average Bonchev–Trinajstić information content (AvgIpc) is 2.56. The highest BCUT2D eigenvalue weighted by Gasteiger charge is 2.41. The van der Waals surface area contributed by atoms with Gasteiger partial charge in [-0.1, -0.05) is 6.92 Å². The van der Waals surface area contributed by atoms with E-state index < -0.39 is 9.84 Å². The van der Waals surface area contributed by atoms with Crippen molar-refractivity contribution in [3.63, 3.8) is 0 Å². The summed E-state index contributed by atoms with van der Waals surface area (Å²) >= 11 is 0. The van der Waals surface area contributed by atoms with Gasteiger partial charge < -0.3 is 10.1 Å². The highest BCUT2D eigenvalue weighted by atomic mass is 32.2. The lowest BCUT2D eigenvalue weighted by Crippen LogP contribution is -2.36. The number of nitrogens with one attached hydrogen (secondary N) is 1. The largest absolute Gasteiger partial charge is 0.385 e. The zero-order valence-electron chi connectivity index (χ0n) is 11.0. The van der Waals surface area contributed by atoms with Crippen molar-refractivity contribution in [2.45, 2.75) is 32.6 Å². The quantitative estimate of drug-likeness (QED) is 0.669. The first-order chi connectivity index (χ1) is 8.04. The second-order valence-corrected chi connectivity index (χ2v) is 7.30. The third kappa shape index (κ3) is 4.94. The average molecular weight is 263 g/mol. The third-order valence-corrected chi connectivity index (χ3v) is 5.33. The lowest BCUT2D eigenvalue weighted by molar-refractivity contribution is 0.171. The van der Waals surface area contributed by atoms with Crippen LogP contribution in [0.15, 0.2) is 0 Å². The molecule has 102 valence electrons. The van der Waals surface area contributed by atoms with Gasteiger partial charge in [0.05, 0.1) is 11.5 Å². The van der Waals surface area contributed by atoms with Crippen molar-refractivity contribution in [2.24, 2.45) is 5.41 Å². The van der Waals surface area contributed by atoms with Crippen LogP contribution in [0.2, 0.25) is 0 Å². The molecule has 4 nitrogen and oxygen atoms in total. The predicted octanol–water partition coefficient (Wildman–Crippen LogP) is 1.22. The molecule has 1 fully saturated rings. The van der Waals surface area contributed by atoms with E-state index in [4.69, 9.17) is 4.74 Å². The first-order valence-electron chi connectivity index (χ1n) is 6.44. The Balaban J connectivity index is 2.52. The fourth-order valence-corrected chi connectivity index (χ4v) is 4.74. The molecule has 0 radical (unpaired) electrons. The molecule has 1 unspecified atom stereocenters. The van der Waals surface area contributed by atoms with E-state index in [1.165, 1.54) is 0 Å². The number of sulfone groups is 1. The molecule has 1 heterocycles. The minimum Gasteiger partial charge on any atom is -0.385 e. The van der Waals surface area contributed by atoms with Crippen LogP contribution in [-0.4, -0.2) is 46.7 Å². The molecule has 0 aromatic carbocycles. The van der Waals surface area contributed by atoms with E-state index in [0.717, 1.165) is 45.4 Å². The maximum atomic E-state index is 11.7. The molecule has 0 aromatic rings. The van der Waals surface area contributed by atoms with Crippen LogP contribution in [0.1, 0.15) is 32.6 Å². The minimum atomic E-state index is -2.81. The van der Waals surface area contributed by atoms with Gasteiger partial charge in [0.2, 0.25) is 0 Å². The Morgan fingerprint density at radius 2 is 2.18 bits per heavy atom. The maximum absolute atomic E-state index is 11.7. The summed E-state index contributed by atoms with van der Waals surface area (Å²) in [6.07, 6.45) is 3.77. The maximum Gasteiger partial charge on any atom is 0.150 e. The van der Waals surface area contributed by atoms with E-state index in [1.807, 2.05) is 0 Å². The summed E-state index contributed by atoms with van der Waals surface area (Å²) in [5.74, 6) is 0.703. The van der Waals surface area contributed by atoms with E-state index in [2.05, 4.69) is 12.2 Å². The molecule has 0 bridgehead atoms. The van der Waals surface area contributed by atoms with Gasteiger partial charge in [-0.15, -0.1) is 0 Å². The highest BCUT2D eigenvalue weighted by Crippen LogP contribution is 2.36. The number of rotatable bonds is 8. The zero-order chi connectivity index (χ0) is 12.8. The van der Waals surface area contributed by atoms with Crippen LogP contribution in [0.5, 0.6) is 0 Å². The Labute approximate surface area is 105 Å². The molecule has 17 heavy (non-hydrogen) atoms. The van der Waals surface area contributed by atoms with Gasteiger partial charge in [0.1, 0.15) is 0 Å². The van der Waals surface area contributed by atoms with Crippen LogP contribution in [-0.2, 0) is 14.6 Å². The molecule has 1 rings (SSSR count). The van der Waals surface area contributed by atoms with Gasteiger partial charge in [-0.3, -0.25) is 0 Å². The van der Waals surface area contributed by atoms with E-state index in [-0.39, 0.29) is 5.41 Å². The van der Waals surface area contributed by atoms with Crippen molar-refractivity contribution < 1.29 is 13.2 Å². The van der Waals surface area contributed by atoms with Gasteiger partial charge in [-0.2, -0.15) is 0 Å². The molecule has 0 spiro atoms. The number of hydrogen-bond acceptors (Lipinski definition) is 4. The van der Waals surface area contributed by atoms with E-state index in [0.29, 0.717) is 11.5 Å². The summed E-state index contributed by atoms with van der Waals surface area (Å²) in [6.45, 7) is 4.63.